The Hall–Kier alpha value is -1.31. The molecule has 3 aliphatic rings. The fourth-order valence-corrected chi connectivity index (χ4v) is 4.43. The van der Waals surface area contributed by atoms with Crippen molar-refractivity contribution in [2.24, 2.45) is 17.8 Å². The van der Waals surface area contributed by atoms with Gasteiger partial charge in [0.25, 0.3) is 0 Å². The maximum atomic E-state index is 12.7. The topological polar surface area (TPSA) is 20.3 Å². The van der Waals surface area contributed by atoms with E-state index in [1.165, 1.54) is 24.8 Å². The summed E-state index contributed by atoms with van der Waals surface area (Å²) in [5.41, 5.74) is 1.32. The second-order valence-corrected chi connectivity index (χ2v) is 6.38. The minimum absolute atomic E-state index is 0.343. The van der Waals surface area contributed by atoms with E-state index in [0.717, 1.165) is 31.2 Å². The van der Waals surface area contributed by atoms with Crippen LogP contribution in [0.3, 0.4) is 0 Å². The Labute approximate surface area is 114 Å². The van der Waals surface area contributed by atoms with E-state index in [1.807, 2.05) is 0 Å². The van der Waals surface area contributed by atoms with Gasteiger partial charge in [0.15, 0.2) is 0 Å². The minimum Gasteiger partial charge on any atom is -0.335 e. The number of hydrogen-bond donors (Lipinski definition) is 0. The van der Waals surface area contributed by atoms with Gasteiger partial charge in [-0.05, 0) is 43.1 Å². The highest BCUT2D eigenvalue weighted by molar-refractivity contribution is 5.83. The van der Waals surface area contributed by atoms with E-state index in [9.17, 15) is 4.79 Å². The standard InChI is InChI=1S/C17H21NO/c19-17(16-13-8-4-9-14(13)16)18-11-5-10-15(18)12-6-2-1-3-7-12/h1-3,6-7,13-16H,4-5,8-11H2. The van der Waals surface area contributed by atoms with Crippen LogP contribution in [0.4, 0.5) is 0 Å². The molecule has 1 heterocycles. The number of amides is 1. The predicted molar refractivity (Wildman–Crippen MR) is 74.5 cm³/mol. The number of carbonyl (C=O) groups excluding carboxylic acids is 1. The lowest BCUT2D eigenvalue weighted by atomic mass is 10.0. The first-order valence-electron chi connectivity index (χ1n) is 7.71. The second-order valence-electron chi connectivity index (χ2n) is 6.38. The summed E-state index contributed by atoms with van der Waals surface area (Å²) in [6.07, 6.45) is 6.24. The zero-order valence-electron chi connectivity index (χ0n) is 11.3. The van der Waals surface area contributed by atoms with Crippen molar-refractivity contribution in [3.63, 3.8) is 0 Å². The molecule has 2 saturated carbocycles. The molecule has 0 aromatic heterocycles. The predicted octanol–water partition coefficient (Wildman–Crippen LogP) is 3.40. The molecule has 1 amide bonds. The van der Waals surface area contributed by atoms with Crippen molar-refractivity contribution in [3.8, 4) is 0 Å². The van der Waals surface area contributed by atoms with Crippen molar-refractivity contribution in [2.75, 3.05) is 6.54 Å². The van der Waals surface area contributed by atoms with Gasteiger partial charge in [0.1, 0.15) is 0 Å². The van der Waals surface area contributed by atoms with Crippen LogP contribution in [0.25, 0.3) is 0 Å². The van der Waals surface area contributed by atoms with E-state index in [0.29, 0.717) is 17.9 Å². The van der Waals surface area contributed by atoms with Gasteiger partial charge in [-0.1, -0.05) is 36.8 Å². The van der Waals surface area contributed by atoms with Gasteiger partial charge in [-0.25, -0.2) is 0 Å². The van der Waals surface area contributed by atoms with Gasteiger partial charge < -0.3 is 4.90 Å². The fourth-order valence-electron chi connectivity index (χ4n) is 4.43. The molecule has 3 fully saturated rings. The monoisotopic (exact) mass is 255 g/mol. The van der Waals surface area contributed by atoms with Gasteiger partial charge in [0.05, 0.1) is 6.04 Å². The van der Waals surface area contributed by atoms with Gasteiger partial charge in [-0.2, -0.15) is 0 Å². The molecule has 0 N–H and O–H groups in total. The molecule has 3 unspecified atom stereocenters. The molecule has 100 valence electrons. The normalized spacial score (nSPS) is 36.3. The smallest absolute Gasteiger partial charge is 0.226 e. The highest BCUT2D eigenvalue weighted by Gasteiger charge is 2.58. The summed E-state index contributed by atoms with van der Waals surface area (Å²) in [5.74, 6) is 2.33. The third kappa shape index (κ3) is 1.80. The Kier molecular flexibility index (Phi) is 2.64. The molecule has 0 bridgehead atoms. The van der Waals surface area contributed by atoms with Crippen LogP contribution < -0.4 is 0 Å². The maximum Gasteiger partial charge on any atom is 0.226 e. The Balaban J connectivity index is 1.52. The summed E-state index contributed by atoms with van der Waals surface area (Å²) in [6.45, 7) is 0.967. The zero-order chi connectivity index (χ0) is 12.8. The van der Waals surface area contributed by atoms with Gasteiger partial charge in [0.2, 0.25) is 5.91 Å². The molecule has 3 atom stereocenters. The summed E-state index contributed by atoms with van der Waals surface area (Å²) in [7, 11) is 0. The van der Waals surface area contributed by atoms with E-state index in [4.69, 9.17) is 0 Å². The second kappa shape index (κ2) is 4.36. The van der Waals surface area contributed by atoms with Crippen LogP contribution in [0.15, 0.2) is 30.3 Å². The van der Waals surface area contributed by atoms with Crippen LogP contribution in [0.1, 0.15) is 43.7 Å². The highest BCUT2D eigenvalue weighted by atomic mass is 16.2. The molecule has 1 aromatic rings. The van der Waals surface area contributed by atoms with Crippen LogP contribution in [0, 0.1) is 17.8 Å². The van der Waals surface area contributed by atoms with Crippen LogP contribution in [-0.4, -0.2) is 17.4 Å². The molecule has 1 aliphatic heterocycles. The largest absolute Gasteiger partial charge is 0.335 e. The Morgan fingerprint density at radius 2 is 1.74 bits per heavy atom. The third-order valence-corrected chi connectivity index (χ3v) is 5.41. The zero-order valence-corrected chi connectivity index (χ0v) is 11.3. The van der Waals surface area contributed by atoms with Crippen molar-refractivity contribution >= 4 is 5.91 Å². The third-order valence-electron chi connectivity index (χ3n) is 5.41. The minimum atomic E-state index is 0.343. The first kappa shape index (κ1) is 11.5. The van der Waals surface area contributed by atoms with Crippen molar-refractivity contribution in [2.45, 2.75) is 38.1 Å². The van der Waals surface area contributed by atoms with E-state index < -0.39 is 0 Å². The number of hydrogen-bond acceptors (Lipinski definition) is 1. The van der Waals surface area contributed by atoms with Crippen LogP contribution >= 0.6 is 0 Å². The number of benzene rings is 1. The Morgan fingerprint density at radius 1 is 1.00 bits per heavy atom. The molecule has 0 spiro atoms. The van der Waals surface area contributed by atoms with Crippen molar-refractivity contribution in [3.05, 3.63) is 35.9 Å². The molecule has 19 heavy (non-hydrogen) atoms. The lowest BCUT2D eigenvalue weighted by Crippen LogP contribution is -2.32. The SMILES string of the molecule is O=C(C1C2CCCC21)N1CCCC1c1ccccc1. The summed E-state index contributed by atoms with van der Waals surface area (Å²) < 4.78 is 0. The molecular formula is C17H21NO. The summed E-state index contributed by atoms with van der Waals surface area (Å²) in [5, 5.41) is 0. The summed E-state index contributed by atoms with van der Waals surface area (Å²) >= 11 is 0. The van der Waals surface area contributed by atoms with E-state index in [2.05, 4.69) is 35.2 Å². The molecule has 1 aromatic carbocycles. The number of rotatable bonds is 2. The molecule has 2 aliphatic carbocycles. The first-order valence-corrected chi connectivity index (χ1v) is 7.71. The Morgan fingerprint density at radius 3 is 2.47 bits per heavy atom. The number of fused-ring (bicyclic) bond motifs is 1. The molecule has 1 saturated heterocycles. The van der Waals surface area contributed by atoms with Crippen molar-refractivity contribution in [1.29, 1.82) is 0 Å². The lowest BCUT2D eigenvalue weighted by molar-refractivity contribution is -0.134. The number of nitrogens with zero attached hydrogens (tertiary/aromatic N) is 1. The summed E-state index contributed by atoms with van der Waals surface area (Å²) in [4.78, 5) is 14.9. The van der Waals surface area contributed by atoms with E-state index >= 15 is 0 Å². The van der Waals surface area contributed by atoms with Crippen molar-refractivity contribution < 1.29 is 4.79 Å². The van der Waals surface area contributed by atoms with Gasteiger partial charge >= 0.3 is 0 Å². The van der Waals surface area contributed by atoms with Crippen LogP contribution in [-0.2, 0) is 4.79 Å². The highest BCUT2D eigenvalue weighted by Crippen LogP contribution is 2.58. The molecular weight excluding hydrogens is 234 g/mol. The molecule has 2 nitrogen and oxygen atoms in total. The van der Waals surface area contributed by atoms with Crippen LogP contribution in [0.2, 0.25) is 0 Å². The quantitative estimate of drug-likeness (QED) is 0.793. The van der Waals surface area contributed by atoms with Gasteiger partial charge in [-0.3, -0.25) is 4.79 Å². The average Bonchev–Trinajstić information content (AvgIpc) is 2.89. The van der Waals surface area contributed by atoms with Gasteiger partial charge in [0, 0.05) is 12.5 Å². The molecule has 2 heteroatoms. The maximum absolute atomic E-state index is 12.7. The van der Waals surface area contributed by atoms with E-state index in [-0.39, 0.29) is 0 Å². The van der Waals surface area contributed by atoms with E-state index in [1.54, 1.807) is 0 Å². The lowest BCUT2D eigenvalue weighted by Gasteiger charge is -2.26. The molecule has 4 rings (SSSR count). The fraction of sp³-hybridized carbons (Fsp3) is 0.588. The first-order chi connectivity index (χ1) is 9.36. The summed E-state index contributed by atoms with van der Waals surface area (Å²) in [6, 6.07) is 10.9. The van der Waals surface area contributed by atoms with Crippen LogP contribution in [0.5, 0.6) is 0 Å². The number of carbonyl (C=O) groups is 1. The average molecular weight is 255 g/mol. The Bertz CT molecular complexity index is 473. The van der Waals surface area contributed by atoms with Gasteiger partial charge in [-0.15, -0.1) is 0 Å². The van der Waals surface area contributed by atoms with Crippen molar-refractivity contribution in [1.82, 2.24) is 4.90 Å². The molecule has 0 radical (unpaired) electrons. The number of likely N-dealkylation sites (tertiary alicyclic amines) is 1.